The van der Waals surface area contributed by atoms with E-state index >= 15 is 0 Å². The van der Waals surface area contributed by atoms with Crippen LogP contribution < -0.4 is 23.2 Å². The second-order valence-electron chi connectivity index (χ2n) is 2.89. The second-order valence-corrected chi connectivity index (χ2v) is 4.26. The number of fused-ring (bicyclic) bond motifs is 1. The van der Waals surface area contributed by atoms with Crippen molar-refractivity contribution in [2.45, 2.75) is 13.8 Å². The van der Waals surface area contributed by atoms with Crippen molar-refractivity contribution in [3.05, 3.63) is 22.8 Å². The molecule has 0 aliphatic rings. The van der Waals surface area contributed by atoms with Gasteiger partial charge in [0.25, 0.3) is 0 Å². The lowest BCUT2D eigenvalue weighted by Gasteiger charge is -2.17. The van der Waals surface area contributed by atoms with Crippen LogP contribution in [0.15, 0.2) is 11.4 Å². The second kappa shape index (κ2) is 4.95. The molecule has 2 heterocycles. The predicted molar refractivity (Wildman–Crippen MR) is 42.5 cm³/mol. The first kappa shape index (κ1) is 13.2. The highest BCUT2D eigenvalue weighted by Crippen LogP contribution is 2.00. The van der Waals surface area contributed by atoms with Crippen molar-refractivity contribution in [3.8, 4) is 0 Å². The summed E-state index contributed by atoms with van der Waals surface area (Å²) in [6, 6.07) is 2.02. The lowest BCUT2D eigenvalue weighted by molar-refractivity contribution is -2.00. The zero-order valence-electron chi connectivity index (χ0n) is 8.42. The third-order valence-electron chi connectivity index (χ3n) is 1.55. The smallest absolute Gasteiger partial charge is 0.222 e. The van der Waals surface area contributed by atoms with Gasteiger partial charge in [-0.05, 0) is 9.47 Å². The van der Waals surface area contributed by atoms with E-state index in [1.807, 2.05) is 29.8 Å². The Morgan fingerprint density at radius 2 is 1.81 bits per heavy atom. The zero-order valence-corrected chi connectivity index (χ0v) is 9.99. The summed E-state index contributed by atoms with van der Waals surface area (Å²) in [6.45, 7) is 4.02. The van der Waals surface area contributed by atoms with Crippen LogP contribution in [-0.2, 0) is 0 Å². The van der Waals surface area contributed by atoms with Crippen molar-refractivity contribution in [1.82, 2.24) is 9.47 Å². The summed E-state index contributed by atoms with van der Waals surface area (Å²) in [5.41, 5.74) is 3.11. The van der Waals surface area contributed by atoms with Crippen LogP contribution in [0.1, 0.15) is 11.4 Å². The van der Waals surface area contributed by atoms with Crippen molar-refractivity contribution in [2.75, 3.05) is 0 Å². The lowest BCUT2D eigenvalue weighted by Crippen LogP contribution is -2.68. The molecule has 88 valence electrons. The third-order valence-corrected chi connectivity index (χ3v) is 2.12. The minimum absolute atomic E-state index is 0.938. The minimum Gasteiger partial charge on any atom is -0.222 e. The van der Waals surface area contributed by atoms with Gasteiger partial charge in [-0.3, -0.25) is 0 Å². The number of aromatic nitrogens is 3. The molecule has 2 rings (SSSR count). The molecule has 9 heteroatoms. The fraction of sp³-hybridized carbons (Fsp3) is 0.286. The van der Waals surface area contributed by atoms with Crippen LogP contribution in [0, 0.1) is 24.1 Å². The number of hydrogen-bond donors (Lipinski definition) is 0. The molecule has 2 aromatic heterocycles. The molecule has 7 nitrogen and oxygen atoms in total. The largest absolute Gasteiger partial charge is 0.361 e. The van der Waals surface area contributed by atoms with Crippen LogP contribution in [0.2, 0.25) is 0 Å². The summed E-state index contributed by atoms with van der Waals surface area (Å²) in [5, 5.41) is 1.94. The van der Waals surface area contributed by atoms with E-state index in [-0.39, 0.29) is 0 Å². The fourth-order valence-electron chi connectivity index (χ4n) is 1.10. The first-order valence-corrected chi connectivity index (χ1v) is 6.07. The molecule has 0 fully saturated rings. The SMILES string of the molecule is Cc1cc(C)[n+]2nscc2n1.[O-][Cl+3]([O-])([O-])[O-]. The molecule has 0 atom stereocenters. The van der Waals surface area contributed by atoms with Crippen molar-refractivity contribution < 1.29 is 33.4 Å². The third kappa shape index (κ3) is 4.31. The lowest BCUT2D eigenvalue weighted by atomic mass is 10.3. The number of aryl methyl sites for hydroxylation is 2. The minimum atomic E-state index is -4.94. The van der Waals surface area contributed by atoms with Crippen LogP contribution in [-0.4, -0.2) is 9.47 Å². The molecular formula is C7H8ClN3O4S. The normalized spacial score (nSPS) is 11.1. The Balaban J connectivity index is 0.000000221. The van der Waals surface area contributed by atoms with Crippen LogP contribution >= 0.6 is 11.5 Å². The summed E-state index contributed by atoms with van der Waals surface area (Å²) in [5.74, 6) is 0. The highest BCUT2D eigenvalue weighted by atomic mass is 35.7. The molecule has 0 amide bonds. The Labute approximate surface area is 97.1 Å². The molecule has 0 saturated carbocycles. The maximum Gasteiger partial charge on any atom is 0.361 e. The average molecular weight is 266 g/mol. The Hall–Kier alpha value is -0.900. The number of nitrogens with zero attached hydrogens (tertiary/aromatic N) is 3. The Bertz CT molecular complexity index is 478. The summed E-state index contributed by atoms with van der Waals surface area (Å²) in [4.78, 5) is 4.31. The summed E-state index contributed by atoms with van der Waals surface area (Å²) >= 11 is 1.43. The first-order chi connectivity index (χ1) is 7.27. The van der Waals surface area contributed by atoms with E-state index in [9.17, 15) is 0 Å². The van der Waals surface area contributed by atoms with Crippen molar-refractivity contribution in [1.29, 1.82) is 0 Å². The van der Waals surface area contributed by atoms with Crippen molar-refractivity contribution in [2.24, 2.45) is 0 Å². The molecule has 0 spiro atoms. The number of halogens is 1. The van der Waals surface area contributed by atoms with Gasteiger partial charge in [0.15, 0.2) is 5.69 Å². The topological polar surface area (TPSA) is 122 Å². The zero-order chi connectivity index (χ0) is 12.3. The quantitative estimate of drug-likeness (QED) is 0.449. The van der Waals surface area contributed by atoms with Crippen molar-refractivity contribution >= 4 is 17.2 Å². The number of hydrogen-bond acceptors (Lipinski definition) is 7. The highest BCUT2D eigenvalue weighted by Gasteiger charge is 2.09. The van der Waals surface area contributed by atoms with Gasteiger partial charge in [0.1, 0.15) is 11.1 Å². The van der Waals surface area contributed by atoms with Crippen molar-refractivity contribution in [3.63, 3.8) is 0 Å². The van der Waals surface area contributed by atoms with E-state index in [0.29, 0.717) is 0 Å². The van der Waals surface area contributed by atoms with E-state index < -0.39 is 10.2 Å². The summed E-state index contributed by atoms with van der Waals surface area (Å²) in [7, 11) is -4.94. The average Bonchev–Trinajstić information content (AvgIpc) is 2.47. The van der Waals surface area contributed by atoms with Gasteiger partial charge in [-0.2, -0.15) is 0 Å². The monoisotopic (exact) mass is 265 g/mol. The van der Waals surface area contributed by atoms with Crippen LogP contribution in [0.4, 0.5) is 0 Å². The Kier molecular flexibility index (Phi) is 4.08. The van der Waals surface area contributed by atoms with E-state index in [0.717, 1.165) is 17.0 Å². The predicted octanol–water partition coefficient (Wildman–Crippen LogP) is -3.86. The molecular weight excluding hydrogens is 258 g/mol. The Morgan fingerprint density at radius 1 is 1.25 bits per heavy atom. The van der Waals surface area contributed by atoms with Gasteiger partial charge in [-0.1, -0.05) is 4.52 Å². The first-order valence-electron chi connectivity index (χ1n) is 4.00. The maximum absolute atomic E-state index is 8.49. The molecule has 16 heavy (non-hydrogen) atoms. The van der Waals surface area contributed by atoms with E-state index in [2.05, 4.69) is 9.47 Å². The molecule has 0 radical (unpaired) electrons. The van der Waals surface area contributed by atoms with Gasteiger partial charge in [-0.25, -0.2) is 18.6 Å². The molecule has 0 N–H and O–H groups in total. The van der Waals surface area contributed by atoms with E-state index in [1.165, 1.54) is 11.5 Å². The molecule has 2 aromatic rings. The molecule has 0 aliphatic heterocycles. The standard InChI is InChI=1S/C7H8N3S.ClHO4/c1-5-3-6(2)10-7(8-5)4-11-9-10;2-1(3,4)5/h3-4H,1-2H3;(H,2,3,4,5)/q+1;/p-1. The molecule has 0 aliphatic carbocycles. The number of rotatable bonds is 0. The van der Waals surface area contributed by atoms with Crippen LogP contribution in [0.25, 0.3) is 5.65 Å². The summed E-state index contributed by atoms with van der Waals surface area (Å²) in [6.07, 6.45) is 0. The van der Waals surface area contributed by atoms with E-state index in [4.69, 9.17) is 18.6 Å². The molecule has 0 saturated heterocycles. The van der Waals surface area contributed by atoms with Gasteiger partial charge >= 0.3 is 5.65 Å². The van der Waals surface area contributed by atoms with Gasteiger partial charge in [0, 0.05) is 31.4 Å². The fourth-order valence-corrected chi connectivity index (χ4v) is 1.71. The van der Waals surface area contributed by atoms with E-state index in [1.54, 1.807) is 0 Å². The highest BCUT2D eigenvalue weighted by molar-refractivity contribution is 7.03. The van der Waals surface area contributed by atoms with Gasteiger partial charge in [0.2, 0.25) is 0 Å². The van der Waals surface area contributed by atoms with Crippen LogP contribution in [0.3, 0.4) is 0 Å². The molecule has 0 bridgehead atoms. The summed E-state index contributed by atoms with van der Waals surface area (Å²) < 4.78 is 40.0. The van der Waals surface area contributed by atoms with Gasteiger partial charge in [-0.15, -0.1) is 10.2 Å². The van der Waals surface area contributed by atoms with Crippen LogP contribution in [0.5, 0.6) is 0 Å². The van der Waals surface area contributed by atoms with Gasteiger partial charge in [0.05, 0.1) is 0 Å². The van der Waals surface area contributed by atoms with Gasteiger partial charge < -0.3 is 0 Å². The molecule has 0 unspecified atom stereocenters. The molecule has 0 aromatic carbocycles. The Morgan fingerprint density at radius 3 is 2.38 bits per heavy atom. The maximum atomic E-state index is 8.49.